The van der Waals surface area contributed by atoms with Gasteiger partial charge in [-0.1, -0.05) is 6.08 Å². The van der Waals surface area contributed by atoms with Gasteiger partial charge in [-0.3, -0.25) is 14.9 Å². The number of hydrogen-bond acceptors (Lipinski definition) is 4. The molecule has 0 N–H and O–H groups in total. The smallest absolute Gasteiger partial charge is 0.316 e. The monoisotopic (exact) mass is 225 g/mol. The van der Waals surface area contributed by atoms with Crippen molar-refractivity contribution >= 4 is 5.97 Å². The van der Waals surface area contributed by atoms with Crippen LogP contribution in [0.1, 0.15) is 26.2 Å². The van der Waals surface area contributed by atoms with Crippen LogP contribution in [0.3, 0.4) is 0 Å². The number of carbonyl (C=O) groups is 1. The Bertz CT molecular complexity index is 348. The van der Waals surface area contributed by atoms with Gasteiger partial charge < -0.3 is 4.74 Å². The fourth-order valence-corrected chi connectivity index (χ4v) is 1.88. The van der Waals surface area contributed by atoms with Crippen molar-refractivity contribution in [1.29, 1.82) is 0 Å². The van der Waals surface area contributed by atoms with Crippen molar-refractivity contribution in [2.24, 2.45) is 5.41 Å². The molecule has 5 nitrogen and oxygen atoms in total. The van der Waals surface area contributed by atoms with Gasteiger partial charge in [0, 0.05) is 13.0 Å². The Morgan fingerprint density at radius 2 is 2.44 bits per heavy atom. The van der Waals surface area contributed by atoms with Crippen molar-refractivity contribution in [1.82, 2.24) is 0 Å². The van der Waals surface area contributed by atoms with Crippen molar-refractivity contribution in [2.45, 2.75) is 26.2 Å². The van der Waals surface area contributed by atoms with Gasteiger partial charge in [-0.15, -0.1) is 6.58 Å². The third-order valence-electron chi connectivity index (χ3n) is 2.69. The van der Waals surface area contributed by atoms with Crippen LogP contribution < -0.4 is 0 Å². The van der Waals surface area contributed by atoms with Crippen molar-refractivity contribution in [3.05, 3.63) is 34.5 Å². The van der Waals surface area contributed by atoms with Gasteiger partial charge in [0.15, 0.2) is 0 Å². The molecule has 0 aromatic carbocycles. The molecule has 0 aliphatic carbocycles. The molecule has 16 heavy (non-hydrogen) atoms. The van der Waals surface area contributed by atoms with E-state index < -0.39 is 10.3 Å². The van der Waals surface area contributed by atoms with E-state index in [1.807, 2.05) is 0 Å². The summed E-state index contributed by atoms with van der Waals surface area (Å²) in [5.41, 5.74) is -0.919. The summed E-state index contributed by atoms with van der Waals surface area (Å²) in [5, 5.41) is 10.6. The first-order chi connectivity index (χ1) is 7.52. The summed E-state index contributed by atoms with van der Waals surface area (Å²) in [7, 11) is 0. The summed E-state index contributed by atoms with van der Waals surface area (Å²) >= 11 is 0. The van der Waals surface area contributed by atoms with Crippen molar-refractivity contribution < 1.29 is 14.5 Å². The van der Waals surface area contributed by atoms with Crippen LogP contribution in [0, 0.1) is 15.5 Å². The number of hydrogen-bond donors (Lipinski definition) is 0. The maximum atomic E-state index is 11.7. The Balaban J connectivity index is 3.04. The summed E-state index contributed by atoms with van der Waals surface area (Å²) in [6, 6.07) is 0. The molecule has 0 bridgehead atoms. The van der Waals surface area contributed by atoms with Gasteiger partial charge in [-0.05, 0) is 19.3 Å². The maximum Gasteiger partial charge on any atom is 0.316 e. The van der Waals surface area contributed by atoms with Gasteiger partial charge in [0.05, 0.1) is 16.9 Å². The number of esters is 1. The zero-order chi connectivity index (χ0) is 12.2. The van der Waals surface area contributed by atoms with Crippen LogP contribution in [0.2, 0.25) is 0 Å². The Labute approximate surface area is 93.9 Å². The average molecular weight is 225 g/mol. The third kappa shape index (κ3) is 2.48. The van der Waals surface area contributed by atoms with Gasteiger partial charge >= 0.3 is 5.97 Å². The maximum absolute atomic E-state index is 11.7. The molecular formula is C11H15NO4. The minimum Gasteiger partial charge on any atom is -0.465 e. The zero-order valence-electron chi connectivity index (χ0n) is 9.27. The lowest BCUT2D eigenvalue weighted by Gasteiger charge is -2.30. The molecule has 0 radical (unpaired) electrons. The van der Waals surface area contributed by atoms with E-state index >= 15 is 0 Å². The molecule has 5 heteroatoms. The van der Waals surface area contributed by atoms with Gasteiger partial charge in [0.1, 0.15) is 0 Å². The Morgan fingerprint density at radius 1 is 1.75 bits per heavy atom. The first-order valence-corrected chi connectivity index (χ1v) is 5.14. The van der Waals surface area contributed by atoms with E-state index in [0.717, 1.165) is 6.42 Å². The van der Waals surface area contributed by atoms with Crippen molar-refractivity contribution in [2.75, 3.05) is 6.61 Å². The minimum absolute atomic E-state index is 0.0271. The SMILES string of the molecule is C=CC[C@@]1(/C=C(\C)[N+](=O)[O-])CCCOC1=O. The number of cyclic esters (lactones) is 1. The van der Waals surface area contributed by atoms with Gasteiger partial charge in [0.2, 0.25) is 5.70 Å². The predicted octanol–water partition coefficient (Wildman–Crippen LogP) is 2.07. The predicted molar refractivity (Wildman–Crippen MR) is 58.2 cm³/mol. The zero-order valence-corrected chi connectivity index (χ0v) is 9.27. The molecule has 0 unspecified atom stereocenters. The lowest BCUT2D eigenvalue weighted by molar-refractivity contribution is -0.425. The topological polar surface area (TPSA) is 69.4 Å². The Kier molecular flexibility index (Phi) is 3.82. The molecule has 1 aliphatic rings. The second kappa shape index (κ2) is 4.92. The lowest BCUT2D eigenvalue weighted by Crippen LogP contribution is -2.36. The molecule has 1 rings (SSSR count). The number of nitro groups is 1. The number of ether oxygens (including phenoxy) is 1. The van der Waals surface area contributed by atoms with Crippen molar-refractivity contribution in [3.63, 3.8) is 0 Å². The fraction of sp³-hybridized carbons (Fsp3) is 0.545. The molecule has 1 atom stereocenters. The number of rotatable bonds is 4. The molecule has 0 aromatic heterocycles. The molecular weight excluding hydrogens is 210 g/mol. The van der Waals surface area contributed by atoms with Crippen molar-refractivity contribution in [3.8, 4) is 0 Å². The first kappa shape index (κ1) is 12.4. The van der Waals surface area contributed by atoms with Crippen LogP contribution >= 0.6 is 0 Å². The number of nitrogens with zero attached hydrogens (tertiary/aromatic N) is 1. The highest BCUT2D eigenvalue weighted by Crippen LogP contribution is 2.36. The van der Waals surface area contributed by atoms with Crippen LogP contribution in [0.15, 0.2) is 24.4 Å². The van der Waals surface area contributed by atoms with Crippen LogP contribution in [-0.2, 0) is 9.53 Å². The molecule has 1 heterocycles. The quantitative estimate of drug-likeness (QED) is 0.318. The molecule has 1 aliphatic heterocycles. The van der Waals surface area contributed by atoms with Crippen LogP contribution in [0.25, 0.3) is 0 Å². The third-order valence-corrected chi connectivity index (χ3v) is 2.69. The highest BCUT2D eigenvalue weighted by molar-refractivity contribution is 5.80. The highest BCUT2D eigenvalue weighted by Gasteiger charge is 2.40. The summed E-state index contributed by atoms with van der Waals surface area (Å²) in [6.45, 7) is 5.35. The van der Waals surface area contributed by atoms with Gasteiger partial charge in [-0.2, -0.15) is 0 Å². The minimum atomic E-state index is -0.892. The van der Waals surface area contributed by atoms with E-state index in [2.05, 4.69) is 6.58 Å². The normalized spacial score (nSPS) is 26.1. The molecule has 1 fully saturated rings. The number of carbonyl (C=O) groups excluding carboxylic acids is 1. The van der Waals surface area contributed by atoms with E-state index in [0.29, 0.717) is 19.4 Å². The summed E-state index contributed by atoms with van der Waals surface area (Å²) in [5.74, 6) is -0.389. The van der Waals surface area contributed by atoms with E-state index in [-0.39, 0.29) is 11.7 Å². The van der Waals surface area contributed by atoms with Gasteiger partial charge in [-0.25, -0.2) is 0 Å². The summed E-state index contributed by atoms with van der Waals surface area (Å²) in [4.78, 5) is 21.8. The fourth-order valence-electron chi connectivity index (χ4n) is 1.88. The highest BCUT2D eigenvalue weighted by atomic mass is 16.6. The van der Waals surface area contributed by atoms with E-state index in [4.69, 9.17) is 4.74 Å². The van der Waals surface area contributed by atoms with E-state index in [1.165, 1.54) is 13.0 Å². The van der Waals surface area contributed by atoms with E-state index in [1.54, 1.807) is 6.08 Å². The average Bonchev–Trinajstić information content (AvgIpc) is 2.22. The van der Waals surface area contributed by atoms with E-state index in [9.17, 15) is 14.9 Å². The van der Waals surface area contributed by atoms with Crippen LogP contribution in [0.4, 0.5) is 0 Å². The second-order valence-corrected chi connectivity index (χ2v) is 3.93. The second-order valence-electron chi connectivity index (χ2n) is 3.93. The standard InChI is InChI=1S/C11H15NO4/c1-3-5-11(8-9(2)12(14)15)6-4-7-16-10(11)13/h3,8H,1,4-7H2,2H3/b9-8+/t11-/m0/s1. The summed E-state index contributed by atoms with van der Waals surface area (Å²) < 4.78 is 4.97. The Hall–Kier alpha value is -1.65. The molecule has 88 valence electrons. The summed E-state index contributed by atoms with van der Waals surface area (Å²) in [6.07, 6.45) is 4.66. The van der Waals surface area contributed by atoms with Gasteiger partial charge in [0.25, 0.3) is 0 Å². The first-order valence-electron chi connectivity index (χ1n) is 5.14. The largest absolute Gasteiger partial charge is 0.465 e. The molecule has 0 saturated carbocycles. The number of allylic oxidation sites excluding steroid dienone is 2. The molecule has 0 spiro atoms. The van der Waals surface area contributed by atoms with Crippen LogP contribution in [-0.4, -0.2) is 17.5 Å². The Morgan fingerprint density at radius 3 is 2.94 bits per heavy atom. The van der Waals surface area contributed by atoms with Crippen LogP contribution in [0.5, 0.6) is 0 Å². The lowest BCUT2D eigenvalue weighted by atomic mass is 9.78. The molecule has 1 saturated heterocycles. The molecule has 0 amide bonds. The molecule has 0 aromatic rings.